The maximum Gasteiger partial charge on any atom is 0.321 e. The molecule has 2 amide bonds. The first-order valence-electron chi connectivity index (χ1n) is 6.11. The Hall–Kier alpha value is -1.55. The fourth-order valence-electron chi connectivity index (χ4n) is 2.10. The van der Waals surface area contributed by atoms with Gasteiger partial charge in [-0.05, 0) is 31.2 Å². The molecule has 2 rings (SSSR count). The Bertz CT molecular complexity index is 405. The van der Waals surface area contributed by atoms with Gasteiger partial charge in [-0.2, -0.15) is 0 Å². The van der Waals surface area contributed by atoms with E-state index in [1.165, 1.54) is 5.56 Å². The van der Waals surface area contributed by atoms with Crippen LogP contribution in [-0.2, 0) is 0 Å². The van der Waals surface area contributed by atoms with E-state index < -0.39 is 0 Å². The van der Waals surface area contributed by atoms with E-state index >= 15 is 0 Å². The van der Waals surface area contributed by atoms with Crippen LogP contribution in [0, 0.1) is 0 Å². The lowest BCUT2D eigenvalue weighted by Crippen LogP contribution is -2.28. The number of anilines is 1. The Kier molecular flexibility index (Phi) is 3.64. The lowest BCUT2D eigenvalue weighted by atomic mass is 10.1. The van der Waals surface area contributed by atoms with Crippen LogP contribution in [0.5, 0.6) is 0 Å². The fourth-order valence-corrected chi connectivity index (χ4v) is 2.10. The molecule has 0 spiro atoms. The van der Waals surface area contributed by atoms with Crippen LogP contribution >= 0.6 is 0 Å². The number of rotatable bonds is 4. The van der Waals surface area contributed by atoms with Gasteiger partial charge in [-0.25, -0.2) is 4.79 Å². The average Bonchev–Trinajstić information content (AvgIpc) is 2.76. The van der Waals surface area contributed by atoms with E-state index in [9.17, 15) is 4.79 Å². The van der Waals surface area contributed by atoms with Crippen molar-refractivity contribution in [3.8, 4) is 0 Å². The van der Waals surface area contributed by atoms with Crippen LogP contribution in [0.1, 0.15) is 25.5 Å². The van der Waals surface area contributed by atoms with E-state index in [2.05, 4.69) is 36.6 Å². The zero-order valence-electron chi connectivity index (χ0n) is 10.4. The van der Waals surface area contributed by atoms with E-state index in [0.29, 0.717) is 6.04 Å². The molecule has 4 heteroatoms. The van der Waals surface area contributed by atoms with Gasteiger partial charge in [0.15, 0.2) is 0 Å². The molecule has 0 aromatic heterocycles. The molecular formula is C13H19N3O. The predicted molar refractivity (Wildman–Crippen MR) is 69.3 cm³/mol. The van der Waals surface area contributed by atoms with Crippen molar-refractivity contribution in [1.82, 2.24) is 10.6 Å². The summed E-state index contributed by atoms with van der Waals surface area (Å²) < 4.78 is 0. The molecule has 4 nitrogen and oxygen atoms in total. The van der Waals surface area contributed by atoms with Crippen molar-refractivity contribution < 1.29 is 4.79 Å². The highest BCUT2D eigenvalue weighted by Crippen LogP contribution is 2.21. The molecule has 0 aliphatic carbocycles. The van der Waals surface area contributed by atoms with Gasteiger partial charge in [0.2, 0.25) is 0 Å². The zero-order valence-corrected chi connectivity index (χ0v) is 10.4. The van der Waals surface area contributed by atoms with Gasteiger partial charge in [0, 0.05) is 24.8 Å². The summed E-state index contributed by atoms with van der Waals surface area (Å²) in [6.07, 6.45) is 0. The van der Waals surface area contributed by atoms with Crippen molar-refractivity contribution in [2.24, 2.45) is 0 Å². The number of benzene rings is 1. The topological polar surface area (TPSA) is 44.4 Å². The monoisotopic (exact) mass is 233 g/mol. The van der Waals surface area contributed by atoms with E-state index in [4.69, 9.17) is 0 Å². The summed E-state index contributed by atoms with van der Waals surface area (Å²) >= 11 is 0. The molecule has 1 aromatic carbocycles. The summed E-state index contributed by atoms with van der Waals surface area (Å²) in [6.45, 7) is 6.64. The molecule has 1 aliphatic rings. The van der Waals surface area contributed by atoms with Crippen molar-refractivity contribution in [2.45, 2.75) is 19.9 Å². The van der Waals surface area contributed by atoms with Crippen molar-refractivity contribution in [2.75, 3.05) is 24.5 Å². The third-order valence-corrected chi connectivity index (χ3v) is 3.05. The van der Waals surface area contributed by atoms with E-state index in [-0.39, 0.29) is 6.03 Å². The van der Waals surface area contributed by atoms with E-state index in [1.54, 1.807) is 4.90 Å². The minimum atomic E-state index is -0.00162. The Morgan fingerprint density at radius 2 is 2.35 bits per heavy atom. The van der Waals surface area contributed by atoms with Crippen LogP contribution in [0.2, 0.25) is 0 Å². The quantitative estimate of drug-likeness (QED) is 0.834. The first-order valence-corrected chi connectivity index (χ1v) is 6.11. The highest BCUT2D eigenvalue weighted by atomic mass is 16.2. The van der Waals surface area contributed by atoms with Gasteiger partial charge in [-0.15, -0.1) is 0 Å². The van der Waals surface area contributed by atoms with Gasteiger partial charge < -0.3 is 10.6 Å². The number of carbonyl (C=O) groups is 1. The zero-order chi connectivity index (χ0) is 12.3. The average molecular weight is 233 g/mol. The van der Waals surface area contributed by atoms with Gasteiger partial charge in [-0.3, -0.25) is 4.90 Å². The minimum Gasteiger partial charge on any atom is -0.336 e. The molecule has 0 bridgehead atoms. The Morgan fingerprint density at radius 1 is 1.53 bits per heavy atom. The molecule has 0 radical (unpaired) electrons. The molecule has 1 aliphatic heterocycles. The summed E-state index contributed by atoms with van der Waals surface area (Å²) in [7, 11) is 0. The molecule has 1 aromatic rings. The molecule has 1 fully saturated rings. The molecule has 1 atom stereocenters. The maximum atomic E-state index is 11.6. The molecule has 1 saturated heterocycles. The van der Waals surface area contributed by atoms with Crippen LogP contribution in [0.3, 0.4) is 0 Å². The lowest BCUT2D eigenvalue weighted by Gasteiger charge is -2.18. The largest absolute Gasteiger partial charge is 0.336 e. The number of hydrogen-bond acceptors (Lipinski definition) is 2. The number of carbonyl (C=O) groups excluding carboxylic acids is 1. The second kappa shape index (κ2) is 5.19. The number of nitrogens with zero attached hydrogens (tertiary/aromatic N) is 1. The summed E-state index contributed by atoms with van der Waals surface area (Å²) in [5.74, 6) is 0. The van der Waals surface area contributed by atoms with Crippen molar-refractivity contribution >= 4 is 11.7 Å². The second-order valence-electron chi connectivity index (χ2n) is 4.26. The van der Waals surface area contributed by atoms with Crippen molar-refractivity contribution in [3.05, 3.63) is 29.8 Å². The van der Waals surface area contributed by atoms with Crippen LogP contribution in [0.4, 0.5) is 10.5 Å². The van der Waals surface area contributed by atoms with Gasteiger partial charge >= 0.3 is 6.03 Å². The lowest BCUT2D eigenvalue weighted by molar-refractivity contribution is 0.252. The molecule has 0 saturated carbocycles. The highest BCUT2D eigenvalue weighted by Gasteiger charge is 2.21. The fraction of sp³-hybridized carbons (Fsp3) is 0.462. The van der Waals surface area contributed by atoms with Crippen molar-refractivity contribution in [1.29, 1.82) is 0 Å². The summed E-state index contributed by atoms with van der Waals surface area (Å²) in [4.78, 5) is 13.4. The third-order valence-electron chi connectivity index (χ3n) is 3.05. The molecule has 1 heterocycles. The summed E-state index contributed by atoms with van der Waals surface area (Å²) in [5, 5.41) is 6.19. The third kappa shape index (κ3) is 2.58. The van der Waals surface area contributed by atoms with Crippen LogP contribution in [-0.4, -0.2) is 25.7 Å². The number of hydrogen-bond donors (Lipinski definition) is 2. The maximum absolute atomic E-state index is 11.6. The number of amides is 2. The van der Waals surface area contributed by atoms with Crippen LogP contribution in [0.25, 0.3) is 0 Å². The normalized spacial score (nSPS) is 17.1. The van der Waals surface area contributed by atoms with Crippen molar-refractivity contribution in [3.63, 3.8) is 0 Å². The van der Waals surface area contributed by atoms with Crippen LogP contribution in [0.15, 0.2) is 24.3 Å². The number of nitrogens with one attached hydrogen (secondary N) is 2. The van der Waals surface area contributed by atoms with E-state index in [0.717, 1.165) is 25.3 Å². The smallest absolute Gasteiger partial charge is 0.321 e. The van der Waals surface area contributed by atoms with Gasteiger partial charge in [0.1, 0.15) is 0 Å². The molecule has 2 N–H and O–H groups in total. The summed E-state index contributed by atoms with van der Waals surface area (Å²) in [5.41, 5.74) is 2.19. The Morgan fingerprint density at radius 3 is 3.00 bits per heavy atom. The Balaban J connectivity index is 2.19. The van der Waals surface area contributed by atoms with Crippen LogP contribution < -0.4 is 15.5 Å². The first-order chi connectivity index (χ1) is 8.22. The first kappa shape index (κ1) is 11.9. The van der Waals surface area contributed by atoms with Gasteiger partial charge in [0.05, 0.1) is 0 Å². The molecule has 1 unspecified atom stereocenters. The SMILES string of the molecule is CCNC(C)c1cccc(N2CCNC2=O)c1. The predicted octanol–water partition coefficient (Wildman–Crippen LogP) is 1.89. The summed E-state index contributed by atoms with van der Waals surface area (Å²) in [6, 6.07) is 8.46. The molecular weight excluding hydrogens is 214 g/mol. The minimum absolute atomic E-state index is 0.00162. The van der Waals surface area contributed by atoms with Gasteiger partial charge in [-0.1, -0.05) is 19.1 Å². The Labute approximate surface area is 102 Å². The van der Waals surface area contributed by atoms with E-state index in [1.807, 2.05) is 12.1 Å². The number of urea groups is 1. The highest BCUT2D eigenvalue weighted by molar-refractivity contribution is 5.94. The standard InChI is InChI=1S/C13H19N3O/c1-3-14-10(2)11-5-4-6-12(9-11)16-8-7-15-13(16)17/h4-6,9-10,14H,3,7-8H2,1-2H3,(H,15,17). The molecule has 92 valence electrons. The molecule has 17 heavy (non-hydrogen) atoms. The van der Waals surface area contributed by atoms with Gasteiger partial charge in [0.25, 0.3) is 0 Å². The second-order valence-corrected chi connectivity index (χ2v) is 4.26.